The zero-order chi connectivity index (χ0) is 18.8. The Labute approximate surface area is 167 Å². The van der Waals surface area contributed by atoms with Crippen LogP contribution in [0.3, 0.4) is 0 Å². The van der Waals surface area contributed by atoms with E-state index in [0.717, 1.165) is 24.1 Å². The molecule has 0 saturated carbocycles. The normalized spacial score (nSPS) is 13.5. The zero-order valence-corrected chi connectivity index (χ0v) is 16.9. The molecule has 4 heteroatoms. The summed E-state index contributed by atoms with van der Waals surface area (Å²) in [6.07, 6.45) is 6.86. The number of aliphatic hydroxyl groups is 1. The van der Waals surface area contributed by atoms with Gasteiger partial charge in [-0.25, -0.2) is 0 Å². The summed E-state index contributed by atoms with van der Waals surface area (Å²) < 4.78 is 0. The molecule has 0 saturated heterocycles. The van der Waals surface area contributed by atoms with E-state index in [-0.39, 0.29) is 6.04 Å². The van der Waals surface area contributed by atoms with Gasteiger partial charge in [0.05, 0.1) is 12.1 Å². The maximum atomic E-state index is 10.9. The van der Waals surface area contributed by atoms with Crippen LogP contribution in [0.15, 0.2) is 48.5 Å². The molecule has 0 radical (unpaired) electrons. The lowest BCUT2D eigenvalue weighted by atomic mass is 9.95. The van der Waals surface area contributed by atoms with Crippen molar-refractivity contribution in [1.82, 2.24) is 5.32 Å². The van der Waals surface area contributed by atoms with Gasteiger partial charge in [-0.15, -0.1) is 0 Å². The van der Waals surface area contributed by atoms with E-state index in [1.54, 1.807) is 0 Å². The highest BCUT2D eigenvalue weighted by Crippen LogP contribution is 2.30. The van der Waals surface area contributed by atoms with Crippen molar-refractivity contribution in [3.8, 4) is 0 Å². The average Bonchev–Trinajstić information content (AvgIpc) is 2.65. The third kappa shape index (κ3) is 6.92. The number of unbranched alkanes of at least 4 members (excludes halogenated alkanes) is 5. The van der Waals surface area contributed by atoms with Gasteiger partial charge in [0, 0.05) is 10.0 Å². The fourth-order valence-corrected chi connectivity index (χ4v) is 3.35. The van der Waals surface area contributed by atoms with Gasteiger partial charge in [0.1, 0.15) is 0 Å². The van der Waals surface area contributed by atoms with Gasteiger partial charge >= 0.3 is 0 Å². The second-order valence-electron chi connectivity index (χ2n) is 6.75. The Hall–Kier alpha value is -1.06. The minimum absolute atomic E-state index is 0.177. The van der Waals surface area contributed by atoms with Gasteiger partial charge in [0.15, 0.2) is 0 Å². The molecule has 2 aromatic carbocycles. The Balaban J connectivity index is 1.99. The molecule has 0 bridgehead atoms. The van der Waals surface area contributed by atoms with E-state index in [1.807, 2.05) is 48.5 Å². The second-order valence-corrected chi connectivity index (χ2v) is 7.62. The maximum Gasteiger partial charge on any atom is 0.0984 e. The molecule has 0 aromatic heterocycles. The number of benzene rings is 2. The lowest BCUT2D eigenvalue weighted by Crippen LogP contribution is -2.28. The molecule has 26 heavy (non-hydrogen) atoms. The van der Waals surface area contributed by atoms with Gasteiger partial charge in [-0.05, 0) is 48.4 Å². The Morgan fingerprint density at radius 1 is 0.769 bits per heavy atom. The van der Waals surface area contributed by atoms with Crippen LogP contribution in [0, 0.1) is 0 Å². The molecule has 0 fully saturated rings. The SMILES string of the molecule is CCCCCCCCN[C@H](c1ccc(Cl)cc1)[C@H](O)c1ccc(Cl)cc1. The highest BCUT2D eigenvalue weighted by Gasteiger charge is 2.22. The van der Waals surface area contributed by atoms with Gasteiger partial charge in [-0.3, -0.25) is 0 Å². The molecule has 0 amide bonds. The van der Waals surface area contributed by atoms with E-state index in [9.17, 15) is 5.11 Å². The van der Waals surface area contributed by atoms with Gasteiger partial charge in [-0.1, -0.05) is 86.5 Å². The average molecular weight is 394 g/mol. The Kier molecular flexibility index (Phi) is 9.49. The van der Waals surface area contributed by atoms with Crippen LogP contribution in [0.2, 0.25) is 10.0 Å². The Morgan fingerprint density at radius 2 is 1.27 bits per heavy atom. The summed E-state index contributed by atoms with van der Waals surface area (Å²) in [5, 5.41) is 15.8. The van der Waals surface area contributed by atoms with Crippen LogP contribution in [-0.4, -0.2) is 11.7 Å². The second kappa shape index (κ2) is 11.6. The van der Waals surface area contributed by atoms with Crippen LogP contribution in [0.1, 0.15) is 68.7 Å². The summed E-state index contributed by atoms with van der Waals surface area (Å²) in [5.74, 6) is 0. The first-order chi connectivity index (χ1) is 12.6. The molecule has 142 valence electrons. The summed E-state index contributed by atoms with van der Waals surface area (Å²) in [4.78, 5) is 0. The molecular weight excluding hydrogens is 365 g/mol. The van der Waals surface area contributed by atoms with Crippen LogP contribution in [-0.2, 0) is 0 Å². The first-order valence-electron chi connectivity index (χ1n) is 9.54. The fraction of sp³-hybridized carbons (Fsp3) is 0.455. The maximum absolute atomic E-state index is 10.9. The number of nitrogens with one attached hydrogen (secondary N) is 1. The monoisotopic (exact) mass is 393 g/mol. The van der Waals surface area contributed by atoms with Crippen molar-refractivity contribution in [3.05, 3.63) is 69.7 Å². The van der Waals surface area contributed by atoms with E-state index in [4.69, 9.17) is 23.2 Å². The number of rotatable bonds is 11. The van der Waals surface area contributed by atoms with Crippen LogP contribution in [0.5, 0.6) is 0 Å². The summed E-state index contributed by atoms with van der Waals surface area (Å²) in [6, 6.07) is 14.9. The zero-order valence-electron chi connectivity index (χ0n) is 15.4. The molecule has 0 aliphatic carbocycles. The standard InChI is InChI=1S/C22H29Cl2NO/c1-2-3-4-5-6-7-16-25-21(17-8-12-19(23)13-9-17)22(26)18-10-14-20(24)15-11-18/h8-15,21-22,25-26H,2-7,16H2,1H3/t21-,22-/m1/s1. The third-order valence-corrected chi connectivity index (χ3v) is 5.15. The van der Waals surface area contributed by atoms with Crippen LogP contribution >= 0.6 is 23.2 Å². The van der Waals surface area contributed by atoms with E-state index < -0.39 is 6.10 Å². The number of halogens is 2. The predicted molar refractivity (Wildman–Crippen MR) is 112 cm³/mol. The Bertz CT molecular complexity index is 628. The number of aliphatic hydroxyl groups excluding tert-OH is 1. The largest absolute Gasteiger partial charge is 0.386 e. The highest BCUT2D eigenvalue weighted by atomic mass is 35.5. The predicted octanol–water partition coefficient (Wildman–Crippen LogP) is 6.72. The van der Waals surface area contributed by atoms with Gasteiger partial charge < -0.3 is 10.4 Å². The van der Waals surface area contributed by atoms with Crippen molar-refractivity contribution in [2.24, 2.45) is 0 Å². The highest BCUT2D eigenvalue weighted by molar-refractivity contribution is 6.30. The van der Waals surface area contributed by atoms with Gasteiger partial charge in [0.2, 0.25) is 0 Å². The third-order valence-electron chi connectivity index (χ3n) is 4.65. The van der Waals surface area contributed by atoms with E-state index >= 15 is 0 Å². The molecular formula is C22H29Cl2NO. The summed E-state index contributed by atoms with van der Waals surface area (Å²) in [5.41, 5.74) is 1.88. The summed E-state index contributed by atoms with van der Waals surface area (Å²) in [6.45, 7) is 3.11. The van der Waals surface area contributed by atoms with E-state index in [0.29, 0.717) is 10.0 Å². The van der Waals surface area contributed by atoms with Crippen molar-refractivity contribution >= 4 is 23.2 Å². The summed E-state index contributed by atoms with van der Waals surface area (Å²) in [7, 11) is 0. The van der Waals surface area contributed by atoms with Crippen molar-refractivity contribution in [2.75, 3.05) is 6.54 Å². The van der Waals surface area contributed by atoms with E-state index in [1.165, 1.54) is 32.1 Å². The van der Waals surface area contributed by atoms with Crippen molar-refractivity contribution in [3.63, 3.8) is 0 Å². The smallest absolute Gasteiger partial charge is 0.0984 e. The van der Waals surface area contributed by atoms with Crippen molar-refractivity contribution in [1.29, 1.82) is 0 Å². The molecule has 0 aliphatic heterocycles. The molecule has 2 N–H and O–H groups in total. The molecule has 2 nitrogen and oxygen atoms in total. The first-order valence-corrected chi connectivity index (χ1v) is 10.3. The molecule has 0 spiro atoms. The van der Waals surface area contributed by atoms with Crippen LogP contribution in [0.25, 0.3) is 0 Å². The number of hydrogen-bond donors (Lipinski definition) is 2. The minimum atomic E-state index is -0.645. The molecule has 2 aromatic rings. The van der Waals surface area contributed by atoms with Crippen LogP contribution < -0.4 is 5.32 Å². The lowest BCUT2D eigenvalue weighted by Gasteiger charge is -2.25. The topological polar surface area (TPSA) is 32.3 Å². The van der Waals surface area contributed by atoms with E-state index in [2.05, 4.69) is 12.2 Å². The fourth-order valence-electron chi connectivity index (χ4n) is 3.10. The molecule has 0 aliphatic rings. The molecule has 2 atom stereocenters. The van der Waals surface area contributed by atoms with Crippen molar-refractivity contribution < 1.29 is 5.11 Å². The summed E-state index contributed by atoms with van der Waals surface area (Å²) >= 11 is 12.0. The van der Waals surface area contributed by atoms with Crippen LogP contribution in [0.4, 0.5) is 0 Å². The van der Waals surface area contributed by atoms with Crippen molar-refractivity contribution in [2.45, 2.75) is 57.6 Å². The molecule has 0 unspecified atom stereocenters. The van der Waals surface area contributed by atoms with Gasteiger partial charge in [0.25, 0.3) is 0 Å². The lowest BCUT2D eigenvalue weighted by molar-refractivity contribution is 0.128. The minimum Gasteiger partial charge on any atom is -0.386 e. The molecule has 0 heterocycles. The molecule has 2 rings (SSSR count). The first kappa shape index (κ1) is 21.2. The quantitative estimate of drug-likeness (QED) is 0.415. The number of hydrogen-bond acceptors (Lipinski definition) is 2. The Morgan fingerprint density at radius 3 is 1.85 bits per heavy atom. The van der Waals surface area contributed by atoms with Gasteiger partial charge in [-0.2, -0.15) is 0 Å².